The van der Waals surface area contributed by atoms with Gasteiger partial charge in [0.15, 0.2) is 10.2 Å². The van der Waals surface area contributed by atoms with Gasteiger partial charge in [-0.2, -0.15) is 0 Å². The monoisotopic (exact) mass is 352 g/mol. The summed E-state index contributed by atoms with van der Waals surface area (Å²) in [5.41, 5.74) is 0. The first-order valence-electron chi connectivity index (χ1n) is 5.27. The fourth-order valence-corrected chi connectivity index (χ4v) is 3.46. The van der Waals surface area contributed by atoms with Crippen LogP contribution in [0.2, 0.25) is 0 Å². The topological polar surface area (TPSA) is 60.4 Å². The normalized spacial score (nSPS) is 13.3. The molecule has 0 rings (SSSR count). The summed E-state index contributed by atoms with van der Waals surface area (Å²) in [5.74, 6) is 0.400. The highest BCUT2D eigenvalue weighted by molar-refractivity contribution is 8.17. The van der Waals surface area contributed by atoms with E-state index in [-0.39, 0.29) is 22.1 Å². The predicted octanol–water partition coefficient (Wildman–Crippen LogP) is 4.30. The molecule has 0 radical (unpaired) electrons. The van der Waals surface area contributed by atoms with E-state index in [2.05, 4.69) is 0 Å². The zero-order valence-corrected chi connectivity index (χ0v) is 14.1. The molecule has 0 aliphatic heterocycles. The van der Waals surface area contributed by atoms with Gasteiger partial charge >= 0.3 is 6.07 Å². The minimum Gasteiger partial charge on any atom is -0.305 e. The molecular formula is C9H15Cl2O4PS2. The molecule has 0 saturated carbocycles. The van der Waals surface area contributed by atoms with Crippen LogP contribution in [0.5, 0.6) is 0 Å². The van der Waals surface area contributed by atoms with E-state index in [4.69, 9.17) is 27.0 Å². The van der Waals surface area contributed by atoms with E-state index in [1.165, 1.54) is 0 Å². The lowest BCUT2D eigenvalue weighted by Gasteiger charge is -2.14. The average Bonchev–Trinajstić information content (AvgIpc) is 2.30. The molecule has 0 fully saturated rings. The van der Waals surface area contributed by atoms with E-state index >= 15 is 0 Å². The Labute approximate surface area is 125 Å². The Morgan fingerprint density at radius 2 is 1.78 bits per heavy atom. The lowest BCUT2D eigenvalue weighted by molar-refractivity contribution is -0.111. The first-order chi connectivity index (χ1) is 8.28. The highest BCUT2D eigenvalue weighted by atomic mass is 35.9. The highest BCUT2D eigenvalue weighted by Gasteiger charge is 2.21. The van der Waals surface area contributed by atoms with E-state index in [0.717, 1.165) is 23.5 Å². The van der Waals surface area contributed by atoms with Gasteiger partial charge in [0, 0.05) is 23.8 Å². The maximum absolute atomic E-state index is 11.3. The van der Waals surface area contributed by atoms with Crippen molar-refractivity contribution in [3.63, 3.8) is 0 Å². The molecule has 0 saturated heterocycles. The molecule has 0 aromatic heterocycles. The number of thioether (sulfide) groups is 2. The third-order valence-corrected chi connectivity index (χ3v) is 5.33. The first-order valence-corrected chi connectivity index (χ1v) is 10.6. The number of rotatable bonds is 8. The van der Waals surface area contributed by atoms with Crippen molar-refractivity contribution in [2.45, 2.75) is 31.9 Å². The first kappa shape index (κ1) is 18.8. The van der Waals surface area contributed by atoms with E-state index in [9.17, 15) is 14.2 Å². The summed E-state index contributed by atoms with van der Waals surface area (Å²) in [7, 11) is 0. The van der Waals surface area contributed by atoms with Gasteiger partial charge in [0.05, 0.1) is 6.61 Å². The Balaban J connectivity index is 4.28. The van der Waals surface area contributed by atoms with Gasteiger partial charge in [-0.1, -0.05) is 37.4 Å². The van der Waals surface area contributed by atoms with Gasteiger partial charge in [-0.3, -0.25) is 14.2 Å². The summed E-state index contributed by atoms with van der Waals surface area (Å²) in [6.45, 7) is 3.48. The third-order valence-electron chi connectivity index (χ3n) is 1.72. The second-order valence-electron chi connectivity index (χ2n) is 3.21. The number of carbonyl (C=O) groups is 2. The van der Waals surface area contributed by atoms with Crippen LogP contribution in [-0.4, -0.2) is 27.8 Å². The molecule has 0 aromatic carbocycles. The zero-order valence-electron chi connectivity index (χ0n) is 10.1. The molecule has 0 aliphatic carbocycles. The molecule has 0 spiro atoms. The molecule has 0 N–H and O–H groups in total. The quantitative estimate of drug-likeness (QED) is 0.607. The Morgan fingerprint density at radius 1 is 1.22 bits per heavy atom. The molecule has 106 valence electrons. The second kappa shape index (κ2) is 9.67. The van der Waals surface area contributed by atoms with Crippen LogP contribution in [0.15, 0.2) is 0 Å². The van der Waals surface area contributed by atoms with Crippen LogP contribution in [-0.2, 0) is 18.7 Å². The molecule has 9 heteroatoms. The van der Waals surface area contributed by atoms with Crippen LogP contribution in [0.4, 0.5) is 0 Å². The summed E-state index contributed by atoms with van der Waals surface area (Å²) in [5, 5.41) is -0.277. The van der Waals surface area contributed by atoms with Crippen molar-refractivity contribution in [1.29, 1.82) is 0 Å². The van der Waals surface area contributed by atoms with Crippen LogP contribution >= 0.6 is 52.1 Å². The Hall–Kier alpha value is 0.810. The van der Waals surface area contributed by atoms with Crippen molar-refractivity contribution in [2.75, 3.05) is 12.4 Å². The molecular weight excluding hydrogens is 338 g/mol. The molecule has 1 atom stereocenters. The fourth-order valence-electron chi connectivity index (χ4n) is 0.843. The fraction of sp³-hybridized carbons (Fsp3) is 0.778. The lowest BCUT2D eigenvalue weighted by Crippen LogP contribution is -2.17. The molecule has 0 aliphatic rings. The van der Waals surface area contributed by atoms with Gasteiger partial charge in [-0.15, -0.1) is 0 Å². The number of carbonyl (C=O) groups excluding carboxylic acids is 2. The summed E-state index contributed by atoms with van der Waals surface area (Å²) >= 11 is 12.7. The summed E-state index contributed by atoms with van der Waals surface area (Å²) in [4.78, 5) is 22.5. The Morgan fingerprint density at radius 3 is 2.22 bits per heavy atom. The molecule has 0 amide bonds. The van der Waals surface area contributed by atoms with Crippen LogP contribution in [0.1, 0.15) is 26.7 Å². The Bertz CT molecular complexity index is 335. The van der Waals surface area contributed by atoms with Crippen molar-refractivity contribution in [3.05, 3.63) is 0 Å². The van der Waals surface area contributed by atoms with Gasteiger partial charge in [0.25, 0.3) is 0 Å². The molecule has 18 heavy (non-hydrogen) atoms. The van der Waals surface area contributed by atoms with Crippen LogP contribution < -0.4 is 0 Å². The van der Waals surface area contributed by atoms with Crippen LogP contribution in [0.3, 0.4) is 0 Å². The van der Waals surface area contributed by atoms with Crippen molar-refractivity contribution in [2.24, 2.45) is 0 Å². The van der Waals surface area contributed by atoms with Crippen LogP contribution in [0.25, 0.3) is 0 Å². The smallest absolute Gasteiger partial charge is 0.305 e. The van der Waals surface area contributed by atoms with Crippen molar-refractivity contribution in [3.8, 4) is 0 Å². The van der Waals surface area contributed by atoms with E-state index in [1.807, 2.05) is 0 Å². The number of halogens is 2. The summed E-state index contributed by atoms with van der Waals surface area (Å²) in [6.07, 6.45) is -2.79. The number of hydrogen-bond donors (Lipinski definition) is 0. The second-order valence-corrected chi connectivity index (χ2v) is 9.92. The van der Waals surface area contributed by atoms with Crippen LogP contribution in [0, 0.1) is 0 Å². The van der Waals surface area contributed by atoms with E-state index in [1.54, 1.807) is 13.8 Å². The van der Waals surface area contributed by atoms with Crippen molar-refractivity contribution < 1.29 is 18.7 Å². The standard InChI is InChI=1S/C9H15Cl2O4PS2/c1-3-8(12)17-6-7(18-9(13)4-2)5-15-16(10,11)14/h7H,3-6H2,1-2H3/t7-/m0/s1. The Kier molecular flexibility index (Phi) is 10.1. The number of hydrogen-bond acceptors (Lipinski definition) is 6. The molecule has 4 nitrogen and oxygen atoms in total. The summed E-state index contributed by atoms with van der Waals surface area (Å²) in [6, 6.07) is 0. The van der Waals surface area contributed by atoms with Crippen molar-refractivity contribution in [1.82, 2.24) is 0 Å². The maximum Gasteiger partial charge on any atom is 0.380 e. The van der Waals surface area contributed by atoms with Gasteiger partial charge in [0.1, 0.15) is 0 Å². The van der Waals surface area contributed by atoms with E-state index in [0.29, 0.717) is 18.6 Å². The average molecular weight is 353 g/mol. The minimum absolute atomic E-state index is 0.0212. The molecule has 0 aromatic rings. The van der Waals surface area contributed by atoms with E-state index < -0.39 is 6.07 Å². The minimum atomic E-state index is -3.60. The van der Waals surface area contributed by atoms with Gasteiger partial charge in [0.2, 0.25) is 0 Å². The maximum atomic E-state index is 11.3. The predicted molar refractivity (Wildman–Crippen MR) is 79.7 cm³/mol. The molecule has 0 heterocycles. The third kappa shape index (κ3) is 10.7. The zero-order chi connectivity index (χ0) is 14.2. The van der Waals surface area contributed by atoms with Gasteiger partial charge in [-0.25, -0.2) is 0 Å². The molecule has 0 bridgehead atoms. The SMILES string of the molecule is CCC(=O)SC[C@H](COP(=O)(Cl)Cl)SC(=O)CC. The highest BCUT2D eigenvalue weighted by Crippen LogP contribution is 2.57. The van der Waals surface area contributed by atoms with Gasteiger partial charge in [-0.05, 0) is 22.5 Å². The van der Waals surface area contributed by atoms with Gasteiger partial charge < -0.3 is 4.52 Å². The van der Waals surface area contributed by atoms with Crippen molar-refractivity contribution >= 4 is 62.3 Å². The summed E-state index contributed by atoms with van der Waals surface area (Å²) < 4.78 is 15.8. The molecule has 0 unspecified atom stereocenters. The largest absolute Gasteiger partial charge is 0.380 e. The lowest BCUT2D eigenvalue weighted by atomic mass is 10.5.